The molecular weight excluding hydrogens is 821 g/mol. The van der Waals surface area contributed by atoms with Crippen LogP contribution in [0, 0.1) is 24.2 Å². The molecule has 1 aliphatic carbocycles. The fraction of sp³-hybridized carbons (Fsp3) is 0.643. The van der Waals surface area contributed by atoms with Crippen molar-refractivity contribution in [2.75, 3.05) is 0 Å². The van der Waals surface area contributed by atoms with Crippen molar-refractivity contribution in [2.45, 2.75) is 155 Å². The minimum atomic E-state index is -4.77. The molecule has 62 heavy (non-hydrogen) atoms. The van der Waals surface area contributed by atoms with E-state index in [0.29, 0.717) is 31.2 Å². The van der Waals surface area contributed by atoms with Crippen LogP contribution in [0.3, 0.4) is 0 Å². The standard InChI is InChI=1S/C42H61F3N6O11/c1-23(2)18-28(36(58)46-27(22-52)21-42(43,44)45)49-40(62)35(41(4,5)6)51-38(60)29(19-26-15-11-10-12-24(26)3)48-39(61)34(25-13-8-7-9-14-25)50-37(59)30(20-33(56)57)47-31(53)16-17-32(54)55/h10-12,15,22-23,25,27-30,34-35H,7-9,13-14,16-21H2,1-6H3,(H,46,58)(H,47,53)(H,48,61)(H,49,62)(H,50,59)(H,51,60)(H,54,55)(H,56,57)/t27?,28-,29-,30-,34+,35+/m0/s1. The largest absolute Gasteiger partial charge is 0.481 e. The minimum absolute atomic E-state index is 0.0421. The van der Waals surface area contributed by atoms with E-state index in [4.69, 9.17) is 5.11 Å². The molecule has 0 radical (unpaired) electrons. The lowest BCUT2D eigenvalue weighted by molar-refractivity contribution is -0.147. The number of carbonyl (C=O) groups excluding carboxylic acids is 7. The lowest BCUT2D eigenvalue weighted by atomic mass is 9.83. The topological polar surface area (TPSA) is 266 Å². The predicted octanol–water partition coefficient (Wildman–Crippen LogP) is 2.61. The van der Waals surface area contributed by atoms with Gasteiger partial charge in [0.1, 0.15) is 36.5 Å². The Balaban J connectivity index is 2.50. The van der Waals surface area contributed by atoms with Gasteiger partial charge in [-0.2, -0.15) is 13.2 Å². The van der Waals surface area contributed by atoms with E-state index in [0.717, 1.165) is 12.0 Å². The second-order valence-corrected chi connectivity index (χ2v) is 17.3. The zero-order chi connectivity index (χ0) is 46.9. The van der Waals surface area contributed by atoms with Crippen LogP contribution >= 0.6 is 0 Å². The summed E-state index contributed by atoms with van der Waals surface area (Å²) < 4.78 is 39.2. The van der Waals surface area contributed by atoms with Gasteiger partial charge in [-0.05, 0) is 54.6 Å². The molecule has 1 saturated carbocycles. The van der Waals surface area contributed by atoms with Gasteiger partial charge in [0.05, 0.1) is 25.3 Å². The first-order valence-corrected chi connectivity index (χ1v) is 20.6. The molecule has 6 amide bonds. The number of carboxylic acids is 2. The zero-order valence-electron chi connectivity index (χ0n) is 36.0. The van der Waals surface area contributed by atoms with E-state index in [1.54, 1.807) is 65.8 Å². The molecule has 1 unspecified atom stereocenters. The summed E-state index contributed by atoms with van der Waals surface area (Å²) in [5, 5.41) is 33.2. The van der Waals surface area contributed by atoms with Crippen molar-refractivity contribution in [3.8, 4) is 0 Å². The minimum Gasteiger partial charge on any atom is -0.481 e. The molecule has 0 saturated heterocycles. The first kappa shape index (κ1) is 52.6. The van der Waals surface area contributed by atoms with Gasteiger partial charge in [-0.1, -0.05) is 78.1 Å². The van der Waals surface area contributed by atoms with Crippen molar-refractivity contribution in [1.82, 2.24) is 31.9 Å². The van der Waals surface area contributed by atoms with Crippen molar-refractivity contribution < 1.29 is 66.5 Å². The number of nitrogens with one attached hydrogen (secondary N) is 6. The summed E-state index contributed by atoms with van der Waals surface area (Å²) in [5.41, 5.74) is 0.314. The van der Waals surface area contributed by atoms with Crippen molar-refractivity contribution in [3.05, 3.63) is 35.4 Å². The van der Waals surface area contributed by atoms with E-state index >= 15 is 0 Å². The lowest BCUT2D eigenvalue weighted by Crippen LogP contribution is -2.63. The summed E-state index contributed by atoms with van der Waals surface area (Å²) in [4.78, 5) is 116. The van der Waals surface area contributed by atoms with E-state index < -0.39 is 127 Å². The number of aldehydes is 1. The third-order valence-electron chi connectivity index (χ3n) is 10.3. The fourth-order valence-corrected chi connectivity index (χ4v) is 7.06. The average molecular weight is 883 g/mol. The number of aliphatic carboxylic acids is 2. The number of aryl methyl sites for hydroxylation is 1. The van der Waals surface area contributed by atoms with Crippen LogP contribution in [0.1, 0.15) is 110 Å². The smallest absolute Gasteiger partial charge is 0.391 e. The summed E-state index contributed by atoms with van der Waals surface area (Å²) in [6, 6.07) is -2.15. The summed E-state index contributed by atoms with van der Waals surface area (Å²) in [5.74, 6) is -9.01. The van der Waals surface area contributed by atoms with Crippen LogP contribution < -0.4 is 31.9 Å². The summed E-state index contributed by atoms with van der Waals surface area (Å²) in [6.45, 7) is 10.0. The number of alkyl halides is 3. The van der Waals surface area contributed by atoms with Gasteiger partial charge in [-0.15, -0.1) is 0 Å². The van der Waals surface area contributed by atoms with Gasteiger partial charge in [0.2, 0.25) is 35.4 Å². The Morgan fingerprint density at radius 3 is 1.84 bits per heavy atom. The predicted molar refractivity (Wildman–Crippen MR) is 218 cm³/mol. The summed E-state index contributed by atoms with van der Waals surface area (Å²) >= 11 is 0. The van der Waals surface area contributed by atoms with E-state index in [1.807, 2.05) is 5.32 Å². The van der Waals surface area contributed by atoms with E-state index in [9.17, 15) is 61.4 Å². The quantitative estimate of drug-likeness (QED) is 0.0741. The van der Waals surface area contributed by atoms with Crippen molar-refractivity contribution in [2.24, 2.45) is 17.3 Å². The highest BCUT2D eigenvalue weighted by atomic mass is 19.4. The Labute approximate surface area is 358 Å². The molecule has 8 N–H and O–H groups in total. The maximum Gasteiger partial charge on any atom is 0.391 e. The van der Waals surface area contributed by atoms with Gasteiger partial charge in [-0.25, -0.2) is 0 Å². The number of carboxylic acid groups (broad SMARTS) is 2. The molecular formula is C42H61F3N6O11. The zero-order valence-corrected chi connectivity index (χ0v) is 36.0. The molecule has 1 fully saturated rings. The number of hydrogen-bond acceptors (Lipinski definition) is 9. The molecule has 0 bridgehead atoms. The van der Waals surface area contributed by atoms with Gasteiger partial charge in [0.25, 0.3) is 0 Å². The lowest BCUT2D eigenvalue weighted by Gasteiger charge is -2.34. The molecule has 20 heteroatoms. The Kier molecular flexibility index (Phi) is 20.5. The van der Waals surface area contributed by atoms with Crippen LogP contribution in [0.5, 0.6) is 0 Å². The molecule has 17 nitrogen and oxygen atoms in total. The molecule has 0 aromatic heterocycles. The fourth-order valence-electron chi connectivity index (χ4n) is 7.06. The molecule has 0 aliphatic heterocycles. The Morgan fingerprint density at radius 1 is 0.726 bits per heavy atom. The maximum absolute atomic E-state index is 14.4. The summed E-state index contributed by atoms with van der Waals surface area (Å²) in [6.07, 6.45) is -5.42. The van der Waals surface area contributed by atoms with Crippen LogP contribution in [0.2, 0.25) is 0 Å². The monoisotopic (exact) mass is 882 g/mol. The second-order valence-electron chi connectivity index (χ2n) is 17.3. The first-order valence-electron chi connectivity index (χ1n) is 20.6. The molecule has 6 atom stereocenters. The van der Waals surface area contributed by atoms with Crippen molar-refractivity contribution in [3.63, 3.8) is 0 Å². The Hall–Kier alpha value is -5.56. The Bertz CT molecular complexity index is 1760. The number of hydrogen-bond donors (Lipinski definition) is 8. The van der Waals surface area contributed by atoms with Crippen LogP contribution in [-0.2, 0) is 49.6 Å². The van der Waals surface area contributed by atoms with Gasteiger partial charge in [0, 0.05) is 12.8 Å². The maximum atomic E-state index is 14.4. The van der Waals surface area contributed by atoms with Gasteiger partial charge < -0.3 is 46.9 Å². The number of carbonyl (C=O) groups is 9. The number of rotatable bonds is 23. The highest BCUT2D eigenvalue weighted by Gasteiger charge is 2.40. The molecule has 0 heterocycles. The molecule has 1 aromatic carbocycles. The first-order chi connectivity index (χ1) is 28.8. The number of amides is 6. The third-order valence-corrected chi connectivity index (χ3v) is 10.3. The Morgan fingerprint density at radius 2 is 1.31 bits per heavy atom. The van der Waals surface area contributed by atoms with Crippen LogP contribution in [0.25, 0.3) is 0 Å². The van der Waals surface area contributed by atoms with E-state index in [2.05, 4.69) is 26.6 Å². The summed E-state index contributed by atoms with van der Waals surface area (Å²) in [7, 11) is 0. The van der Waals surface area contributed by atoms with Gasteiger partial charge in [-0.3, -0.25) is 38.4 Å². The van der Waals surface area contributed by atoms with Crippen LogP contribution in [0.15, 0.2) is 24.3 Å². The van der Waals surface area contributed by atoms with Gasteiger partial charge in [0.15, 0.2) is 0 Å². The normalized spacial score (nSPS) is 16.3. The molecule has 2 rings (SSSR count). The number of benzene rings is 1. The molecule has 346 valence electrons. The van der Waals surface area contributed by atoms with Crippen LogP contribution in [-0.4, -0.2) is 106 Å². The highest BCUT2D eigenvalue weighted by Crippen LogP contribution is 2.28. The van der Waals surface area contributed by atoms with Crippen LogP contribution in [0.4, 0.5) is 13.2 Å². The second kappa shape index (κ2) is 24.2. The van der Waals surface area contributed by atoms with Gasteiger partial charge >= 0.3 is 18.1 Å². The van der Waals surface area contributed by atoms with E-state index in [-0.39, 0.29) is 25.0 Å². The van der Waals surface area contributed by atoms with Crippen molar-refractivity contribution in [1.29, 1.82) is 0 Å². The third kappa shape index (κ3) is 18.6. The van der Waals surface area contributed by atoms with E-state index in [1.165, 1.54) is 0 Å². The molecule has 1 aromatic rings. The molecule has 1 aliphatic rings. The molecule has 0 spiro atoms. The SMILES string of the molecule is Cc1ccccc1C[C@H](NC(=O)[C@H](NC(=O)[C@H](CC(=O)O)NC(=O)CCC(=O)O)C1CCCCC1)C(=O)N[C@H](C(=O)N[C@@H](CC(C)C)C(=O)NC(C=O)CC(F)(F)F)C(C)(C)C. The highest BCUT2D eigenvalue weighted by molar-refractivity contribution is 5.97. The average Bonchev–Trinajstić information content (AvgIpc) is 3.16. The van der Waals surface area contributed by atoms with Crippen molar-refractivity contribution >= 4 is 53.7 Å². The number of halogens is 3.